The molecule has 18 heavy (non-hydrogen) atoms. The summed E-state index contributed by atoms with van der Waals surface area (Å²) in [7, 11) is 0. The molecular formula is C12H21N5S. The fourth-order valence-corrected chi connectivity index (χ4v) is 2.85. The van der Waals surface area contributed by atoms with Crippen LogP contribution in [0, 0.1) is 5.92 Å². The van der Waals surface area contributed by atoms with E-state index in [4.69, 9.17) is 5.84 Å². The second-order valence-electron chi connectivity index (χ2n) is 4.91. The number of nitrogen functional groups attached to an aromatic ring is 1. The number of hydrogen-bond donors (Lipinski definition) is 2. The molecule has 1 aromatic rings. The minimum Gasteiger partial charge on any atom is -0.354 e. The van der Waals surface area contributed by atoms with Crippen molar-refractivity contribution in [2.45, 2.75) is 37.9 Å². The van der Waals surface area contributed by atoms with Gasteiger partial charge in [-0.2, -0.15) is 0 Å². The number of hydrogen-bond acceptors (Lipinski definition) is 6. The van der Waals surface area contributed by atoms with E-state index in [0.29, 0.717) is 11.9 Å². The zero-order valence-electron chi connectivity index (χ0n) is 11.2. The Bertz CT molecular complexity index is 389. The highest BCUT2D eigenvalue weighted by molar-refractivity contribution is 7.98. The Kier molecular flexibility index (Phi) is 4.29. The van der Waals surface area contributed by atoms with Gasteiger partial charge in [0, 0.05) is 18.7 Å². The zero-order valence-corrected chi connectivity index (χ0v) is 12.0. The maximum absolute atomic E-state index is 5.46. The summed E-state index contributed by atoms with van der Waals surface area (Å²) >= 11 is 1.53. The largest absolute Gasteiger partial charge is 0.354 e. The molecule has 0 radical (unpaired) electrons. The highest BCUT2D eigenvalue weighted by Gasteiger charge is 2.24. The number of nitrogens with zero attached hydrogens (tertiary/aromatic N) is 3. The standard InChI is InChI=1S/C12H21N5S/c1-8-4-5-17(9(2)6-8)11-7-10(16-13)14-12(15-11)18-3/h7-9H,4-6,13H2,1-3H3,(H,14,15,16). The molecule has 0 amide bonds. The summed E-state index contributed by atoms with van der Waals surface area (Å²) in [6.07, 6.45) is 4.40. The number of nitrogens with one attached hydrogen (secondary N) is 1. The number of anilines is 2. The molecule has 2 rings (SSSR count). The summed E-state index contributed by atoms with van der Waals surface area (Å²) in [6.45, 7) is 5.62. The van der Waals surface area contributed by atoms with Crippen LogP contribution >= 0.6 is 11.8 Å². The van der Waals surface area contributed by atoms with Crippen molar-refractivity contribution >= 4 is 23.4 Å². The number of hydrazine groups is 1. The van der Waals surface area contributed by atoms with Gasteiger partial charge in [0.1, 0.15) is 11.6 Å². The maximum Gasteiger partial charge on any atom is 0.191 e. The number of nitrogens with two attached hydrogens (primary N) is 1. The molecule has 0 bridgehead atoms. The SMILES string of the molecule is CSc1nc(NN)cc(N2CCC(C)CC2C)n1. The van der Waals surface area contributed by atoms with Crippen LogP contribution in [-0.2, 0) is 0 Å². The Morgan fingerprint density at radius 3 is 2.83 bits per heavy atom. The van der Waals surface area contributed by atoms with Crippen LogP contribution in [0.3, 0.4) is 0 Å². The third-order valence-electron chi connectivity index (χ3n) is 3.46. The van der Waals surface area contributed by atoms with Crippen LogP contribution in [0.15, 0.2) is 11.2 Å². The summed E-state index contributed by atoms with van der Waals surface area (Å²) in [5, 5.41) is 0.756. The molecule has 0 aromatic carbocycles. The number of thioether (sulfide) groups is 1. The molecule has 2 atom stereocenters. The van der Waals surface area contributed by atoms with Gasteiger partial charge in [0.25, 0.3) is 0 Å². The zero-order chi connectivity index (χ0) is 13.1. The molecule has 1 aromatic heterocycles. The van der Waals surface area contributed by atoms with Gasteiger partial charge in [-0.25, -0.2) is 15.8 Å². The summed E-state index contributed by atoms with van der Waals surface area (Å²) in [5.41, 5.74) is 2.61. The van der Waals surface area contributed by atoms with Crippen molar-refractivity contribution in [2.75, 3.05) is 23.1 Å². The fourth-order valence-electron chi connectivity index (χ4n) is 2.47. The smallest absolute Gasteiger partial charge is 0.191 e. The highest BCUT2D eigenvalue weighted by atomic mass is 32.2. The molecule has 1 aliphatic heterocycles. The fraction of sp³-hybridized carbons (Fsp3) is 0.667. The van der Waals surface area contributed by atoms with Gasteiger partial charge in [0.2, 0.25) is 0 Å². The Hall–Kier alpha value is -1.01. The van der Waals surface area contributed by atoms with Crippen molar-refractivity contribution < 1.29 is 0 Å². The van der Waals surface area contributed by atoms with Crippen LogP contribution in [0.4, 0.5) is 11.6 Å². The average molecular weight is 267 g/mol. The lowest BCUT2D eigenvalue weighted by Crippen LogP contribution is -2.40. The molecule has 0 saturated carbocycles. The van der Waals surface area contributed by atoms with E-state index < -0.39 is 0 Å². The number of rotatable bonds is 3. The molecule has 1 fully saturated rings. The van der Waals surface area contributed by atoms with Gasteiger partial charge in [-0.15, -0.1) is 0 Å². The molecule has 0 spiro atoms. The van der Waals surface area contributed by atoms with E-state index >= 15 is 0 Å². The van der Waals surface area contributed by atoms with Gasteiger partial charge < -0.3 is 10.3 Å². The quantitative estimate of drug-likeness (QED) is 0.378. The van der Waals surface area contributed by atoms with E-state index in [9.17, 15) is 0 Å². The molecule has 1 saturated heterocycles. The van der Waals surface area contributed by atoms with Crippen molar-refractivity contribution in [2.24, 2.45) is 11.8 Å². The van der Waals surface area contributed by atoms with Crippen molar-refractivity contribution in [3.63, 3.8) is 0 Å². The summed E-state index contributed by atoms with van der Waals surface area (Å²) in [5.74, 6) is 7.91. The molecule has 0 aliphatic carbocycles. The Balaban J connectivity index is 2.26. The lowest BCUT2D eigenvalue weighted by Gasteiger charge is -2.37. The lowest BCUT2D eigenvalue weighted by molar-refractivity contribution is 0.375. The van der Waals surface area contributed by atoms with Crippen molar-refractivity contribution in [1.29, 1.82) is 0 Å². The Morgan fingerprint density at radius 1 is 1.44 bits per heavy atom. The topological polar surface area (TPSA) is 67.1 Å². The van der Waals surface area contributed by atoms with Gasteiger partial charge >= 0.3 is 0 Å². The van der Waals surface area contributed by atoms with Gasteiger partial charge in [-0.05, 0) is 31.9 Å². The van der Waals surface area contributed by atoms with Crippen molar-refractivity contribution in [3.8, 4) is 0 Å². The predicted molar refractivity (Wildman–Crippen MR) is 76.8 cm³/mol. The first-order chi connectivity index (χ1) is 8.63. The lowest BCUT2D eigenvalue weighted by atomic mass is 9.93. The van der Waals surface area contributed by atoms with Gasteiger partial charge in [0.15, 0.2) is 5.16 Å². The summed E-state index contributed by atoms with van der Waals surface area (Å²) < 4.78 is 0. The maximum atomic E-state index is 5.46. The number of aromatic nitrogens is 2. The van der Waals surface area contributed by atoms with Crippen molar-refractivity contribution in [3.05, 3.63) is 6.07 Å². The molecule has 6 heteroatoms. The summed E-state index contributed by atoms with van der Waals surface area (Å²) in [4.78, 5) is 11.2. The normalized spacial score (nSPS) is 24.1. The summed E-state index contributed by atoms with van der Waals surface area (Å²) in [6, 6.07) is 2.44. The third kappa shape index (κ3) is 2.87. The van der Waals surface area contributed by atoms with Crippen LogP contribution in [0.1, 0.15) is 26.7 Å². The Morgan fingerprint density at radius 2 is 2.22 bits per heavy atom. The average Bonchev–Trinajstić information content (AvgIpc) is 2.38. The van der Waals surface area contributed by atoms with Gasteiger partial charge in [-0.1, -0.05) is 18.7 Å². The van der Waals surface area contributed by atoms with E-state index in [0.717, 1.165) is 23.4 Å². The van der Waals surface area contributed by atoms with E-state index in [1.165, 1.54) is 24.6 Å². The second-order valence-corrected chi connectivity index (χ2v) is 5.69. The first-order valence-corrected chi connectivity index (χ1v) is 7.53. The van der Waals surface area contributed by atoms with Crippen LogP contribution in [-0.4, -0.2) is 28.8 Å². The van der Waals surface area contributed by atoms with E-state index in [-0.39, 0.29) is 0 Å². The molecule has 2 unspecified atom stereocenters. The number of piperidine rings is 1. The molecular weight excluding hydrogens is 246 g/mol. The van der Waals surface area contributed by atoms with Crippen LogP contribution in [0.25, 0.3) is 0 Å². The second kappa shape index (κ2) is 5.75. The minimum absolute atomic E-state index is 0.518. The molecule has 1 aliphatic rings. The molecule has 2 heterocycles. The monoisotopic (exact) mass is 267 g/mol. The van der Waals surface area contributed by atoms with Crippen molar-refractivity contribution in [1.82, 2.24) is 9.97 Å². The highest BCUT2D eigenvalue weighted by Crippen LogP contribution is 2.28. The van der Waals surface area contributed by atoms with E-state index in [2.05, 4.69) is 34.1 Å². The first-order valence-electron chi connectivity index (χ1n) is 6.30. The van der Waals surface area contributed by atoms with E-state index in [1.807, 2.05) is 12.3 Å². The third-order valence-corrected chi connectivity index (χ3v) is 4.00. The predicted octanol–water partition coefficient (Wildman–Crippen LogP) is 2.11. The minimum atomic E-state index is 0.518. The molecule has 3 N–H and O–H groups in total. The Labute approximate surface area is 113 Å². The first kappa shape index (κ1) is 13.4. The molecule has 100 valence electrons. The van der Waals surface area contributed by atoms with Crippen LogP contribution in [0.2, 0.25) is 0 Å². The van der Waals surface area contributed by atoms with Gasteiger partial charge in [0.05, 0.1) is 0 Å². The van der Waals surface area contributed by atoms with E-state index in [1.54, 1.807) is 0 Å². The van der Waals surface area contributed by atoms with Crippen LogP contribution < -0.4 is 16.2 Å². The van der Waals surface area contributed by atoms with Crippen LogP contribution in [0.5, 0.6) is 0 Å². The van der Waals surface area contributed by atoms with Gasteiger partial charge in [-0.3, -0.25) is 0 Å². The molecule has 5 nitrogen and oxygen atoms in total.